The summed E-state index contributed by atoms with van der Waals surface area (Å²) in [6.45, 7) is 4.37. The molecule has 8 nitrogen and oxygen atoms in total. The van der Waals surface area contributed by atoms with E-state index in [-0.39, 0.29) is 48.8 Å². The summed E-state index contributed by atoms with van der Waals surface area (Å²) < 4.78 is 18.7. The van der Waals surface area contributed by atoms with Gasteiger partial charge in [0.25, 0.3) is 0 Å². The van der Waals surface area contributed by atoms with Crippen LogP contribution < -0.4 is 9.47 Å². The Morgan fingerprint density at radius 2 is 1.43 bits per heavy atom. The van der Waals surface area contributed by atoms with E-state index in [1.165, 1.54) is 11.3 Å². The van der Waals surface area contributed by atoms with Gasteiger partial charge in [-0.2, -0.15) is 0 Å². The Bertz CT molecular complexity index is 1530. The number of aliphatic hydroxyl groups is 2. The summed E-state index contributed by atoms with van der Waals surface area (Å²) in [5, 5.41) is 20.5. The lowest BCUT2D eigenvalue weighted by Gasteiger charge is -2.26. The average Bonchev–Trinajstić information content (AvgIpc) is 3.64. The van der Waals surface area contributed by atoms with Crippen LogP contribution in [0.15, 0.2) is 34.7 Å². The maximum atomic E-state index is 13.2. The molecule has 0 spiro atoms. The molecule has 2 aromatic carbocycles. The summed E-state index contributed by atoms with van der Waals surface area (Å²) in [6, 6.07) is 9.41. The molecule has 2 N–H and O–H groups in total. The topological polar surface area (TPSA) is 119 Å². The maximum Gasteiger partial charge on any atom is 0.314 e. The van der Waals surface area contributed by atoms with Gasteiger partial charge in [0.2, 0.25) is 0 Å². The summed E-state index contributed by atoms with van der Waals surface area (Å²) in [5.74, 6) is 0.754. The van der Waals surface area contributed by atoms with Gasteiger partial charge in [-0.05, 0) is 112 Å². The molecule has 9 heteroatoms. The standard InChI is InChI=1S/C33H37NO7S/c1-18-13-19(2)24-15-28(39-27(24)14-18)31-34-29-25(40-32(37)22-7-3-20(16-35)4-8-22)11-12-26(30(29)42-31)41-33(38)23-9-5-21(17-36)6-10-23/h11-15,20-23,35-36H,3-10,16-17H2,1-2H3. The van der Waals surface area contributed by atoms with E-state index in [4.69, 9.17) is 18.9 Å². The SMILES string of the molecule is Cc1cc(C)c2cc(-c3nc4c(OC(=O)C5CCC(CO)CC5)ccc(OC(=O)C5CCC(CO)CC5)c4s3)oc2c1. The number of thiazole rings is 1. The molecule has 2 aliphatic rings. The highest BCUT2D eigenvalue weighted by Crippen LogP contribution is 2.43. The third-order valence-electron chi connectivity index (χ3n) is 8.97. The van der Waals surface area contributed by atoms with E-state index in [0.717, 1.165) is 47.8 Å². The molecule has 0 amide bonds. The highest BCUT2D eigenvalue weighted by Gasteiger charge is 2.31. The van der Waals surface area contributed by atoms with Crippen molar-refractivity contribution in [3.05, 3.63) is 41.5 Å². The molecule has 222 valence electrons. The van der Waals surface area contributed by atoms with Crippen LogP contribution in [-0.2, 0) is 9.59 Å². The highest BCUT2D eigenvalue weighted by molar-refractivity contribution is 7.22. The van der Waals surface area contributed by atoms with Crippen molar-refractivity contribution in [2.24, 2.45) is 23.7 Å². The van der Waals surface area contributed by atoms with Crippen molar-refractivity contribution in [3.8, 4) is 22.3 Å². The zero-order valence-electron chi connectivity index (χ0n) is 24.1. The van der Waals surface area contributed by atoms with Crippen LogP contribution in [-0.4, -0.2) is 40.3 Å². The average molecular weight is 592 g/mol. The normalized spacial score (nSPS) is 22.9. The predicted octanol–water partition coefficient (Wildman–Crippen LogP) is 6.73. The Kier molecular flexibility index (Phi) is 8.34. The lowest BCUT2D eigenvalue weighted by Crippen LogP contribution is -2.27. The number of aromatic nitrogens is 1. The molecule has 4 aromatic rings. The molecule has 0 atom stereocenters. The lowest BCUT2D eigenvalue weighted by molar-refractivity contribution is -0.141. The molecule has 0 saturated heterocycles. The van der Waals surface area contributed by atoms with Crippen LogP contribution in [0.4, 0.5) is 0 Å². The van der Waals surface area contributed by atoms with Gasteiger partial charge in [-0.3, -0.25) is 9.59 Å². The second-order valence-corrected chi connectivity index (χ2v) is 13.0. The number of hydrogen-bond donors (Lipinski definition) is 2. The number of ether oxygens (including phenoxy) is 2. The lowest BCUT2D eigenvalue weighted by atomic mass is 9.82. The van der Waals surface area contributed by atoms with Gasteiger partial charge in [-0.25, -0.2) is 4.98 Å². The molecule has 2 heterocycles. The van der Waals surface area contributed by atoms with E-state index < -0.39 is 0 Å². The molecule has 0 bridgehead atoms. The van der Waals surface area contributed by atoms with Gasteiger partial charge in [-0.15, -0.1) is 11.3 Å². The molecular weight excluding hydrogens is 554 g/mol. The minimum atomic E-state index is -0.303. The first-order chi connectivity index (χ1) is 20.3. The van der Waals surface area contributed by atoms with Crippen molar-refractivity contribution >= 4 is 44.5 Å². The number of esters is 2. The van der Waals surface area contributed by atoms with E-state index in [1.807, 2.05) is 26.0 Å². The van der Waals surface area contributed by atoms with Crippen molar-refractivity contribution in [1.82, 2.24) is 4.98 Å². The number of fused-ring (bicyclic) bond motifs is 2. The molecular formula is C33H37NO7S. The predicted molar refractivity (Wildman–Crippen MR) is 161 cm³/mol. The van der Waals surface area contributed by atoms with E-state index >= 15 is 0 Å². The number of nitrogens with zero attached hydrogens (tertiary/aromatic N) is 1. The summed E-state index contributed by atoms with van der Waals surface area (Å²) in [4.78, 5) is 31.2. The third-order valence-corrected chi connectivity index (χ3v) is 10.1. The van der Waals surface area contributed by atoms with Gasteiger partial charge >= 0.3 is 11.9 Å². The van der Waals surface area contributed by atoms with E-state index in [2.05, 4.69) is 6.07 Å². The van der Waals surface area contributed by atoms with Crippen LogP contribution in [0.3, 0.4) is 0 Å². The molecule has 2 aromatic heterocycles. The van der Waals surface area contributed by atoms with Crippen LogP contribution in [0.25, 0.3) is 32.0 Å². The molecule has 2 saturated carbocycles. The monoisotopic (exact) mass is 591 g/mol. The highest BCUT2D eigenvalue weighted by atomic mass is 32.1. The largest absolute Gasteiger partial charge is 0.454 e. The zero-order chi connectivity index (χ0) is 29.4. The van der Waals surface area contributed by atoms with Gasteiger partial charge in [-0.1, -0.05) is 6.07 Å². The number of furan rings is 1. The number of carbonyl (C=O) groups excluding carboxylic acids is 2. The second kappa shape index (κ2) is 12.1. The smallest absolute Gasteiger partial charge is 0.314 e. The maximum absolute atomic E-state index is 13.2. The number of benzene rings is 2. The fourth-order valence-electron chi connectivity index (χ4n) is 6.37. The van der Waals surface area contributed by atoms with E-state index in [0.29, 0.717) is 58.2 Å². The van der Waals surface area contributed by atoms with Crippen LogP contribution in [0.2, 0.25) is 0 Å². The first kappa shape index (κ1) is 28.8. The van der Waals surface area contributed by atoms with E-state index in [1.54, 1.807) is 12.1 Å². The van der Waals surface area contributed by atoms with Gasteiger partial charge in [0, 0.05) is 18.6 Å². The second-order valence-electron chi connectivity index (χ2n) is 12.0. The molecule has 0 aliphatic heterocycles. The quantitative estimate of drug-likeness (QED) is 0.179. The van der Waals surface area contributed by atoms with Gasteiger partial charge in [0.15, 0.2) is 22.3 Å². The first-order valence-electron chi connectivity index (χ1n) is 14.9. The molecule has 0 unspecified atom stereocenters. The molecule has 42 heavy (non-hydrogen) atoms. The first-order valence-corrected chi connectivity index (χ1v) is 15.7. The van der Waals surface area contributed by atoms with Gasteiger partial charge in [0.1, 0.15) is 15.8 Å². The van der Waals surface area contributed by atoms with Crippen LogP contribution in [0.5, 0.6) is 11.5 Å². The zero-order valence-corrected chi connectivity index (χ0v) is 24.9. The Labute approximate surface area is 248 Å². The molecule has 6 rings (SSSR count). The van der Waals surface area contributed by atoms with Crippen molar-refractivity contribution in [2.45, 2.75) is 65.2 Å². The molecule has 2 aliphatic carbocycles. The van der Waals surface area contributed by atoms with Crippen LogP contribution in [0, 0.1) is 37.5 Å². The van der Waals surface area contributed by atoms with Gasteiger partial charge < -0.3 is 24.1 Å². The number of aryl methyl sites for hydroxylation is 2. The van der Waals surface area contributed by atoms with Crippen molar-refractivity contribution < 1.29 is 33.7 Å². The van der Waals surface area contributed by atoms with Crippen molar-refractivity contribution in [3.63, 3.8) is 0 Å². The number of rotatable bonds is 7. The fourth-order valence-corrected chi connectivity index (χ4v) is 7.35. The Balaban J connectivity index is 1.32. The summed E-state index contributed by atoms with van der Waals surface area (Å²) in [6.07, 6.45) is 5.94. The fraction of sp³-hybridized carbons (Fsp3) is 0.485. The van der Waals surface area contributed by atoms with Crippen LogP contribution >= 0.6 is 11.3 Å². The Hall–Kier alpha value is -3.27. The Morgan fingerprint density at radius 3 is 2.02 bits per heavy atom. The minimum absolute atomic E-state index is 0.147. The van der Waals surface area contributed by atoms with Crippen molar-refractivity contribution in [1.29, 1.82) is 0 Å². The summed E-state index contributed by atoms with van der Waals surface area (Å²) in [5.41, 5.74) is 3.44. The number of carbonyl (C=O) groups is 2. The van der Waals surface area contributed by atoms with Gasteiger partial charge in [0.05, 0.1) is 11.8 Å². The molecule has 0 radical (unpaired) electrons. The number of hydrogen-bond acceptors (Lipinski definition) is 9. The van der Waals surface area contributed by atoms with Crippen LogP contribution in [0.1, 0.15) is 62.5 Å². The number of aliphatic hydroxyl groups excluding tert-OH is 2. The third kappa shape index (κ3) is 5.82. The Morgan fingerprint density at radius 1 is 0.857 bits per heavy atom. The van der Waals surface area contributed by atoms with Crippen molar-refractivity contribution in [2.75, 3.05) is 13.2 Å². The molecule has 2 fully saturated rings. The summed E-state index contributed by atoms with van der Waals surface area (Å²) in [7, 11) is 0. The summed E-state index contributed by atoms with van der Waals surface area (Å²) >= 11 is 1.34. The van der Waals surface area contributed by atoms with E-state index in [9.17, 15) is 19.8 Å². The minimum Gasteiger partial charge on any atom is -0.454 e.